The number of urea groups is 1. The number of piperidine rings is 2. The van der Waals surface area contributed by atoms with Crippen LogP contribution in [0.1, 0.15) is 41.7 Å². The zero-order chi connectivity index (χ0) is 33.3. The van der Waals surface area contributed by atoms with Crippen molar-refractivity contribution in [2.24, 2.45) is 0 Å². The summed E-state index contributed by atoms with van der Waals surface area (Å²) < 4.78 is 47.0. The third-order valence-electron chi connectivity index (χ3n) is 9.61. The summed E-state index contributed by atoms with van der Waals surface area (Å²) >= 11 is 7.66. The minimum Gasteiger partial charge on any atom is -0.436 e. The van der Waals surface area contributed by atoms with Crippen molar-refractivity contribution in [3.05, 3.63) is 44.6 Å². The SMILES string of the molecule is Nc1c(Cl)cc(C[C@@H](OC(=O)N2CCC(N3Cc4sccc4NC3=O)CC2)C(=O)N2CCN(C3CCNCC3)CC2)cc1C(F)(F)F. The van der Waals surface area contributed by atoms with E-state index < -0.39 is 35.5 Å². The monoisotopic (exact) mass is 697 g/mol. The van der Waals surface area contributed by atoms with Crippen LogP contribution in [0.2, 0.25) is 5.02 Å². The molecule has 256 valence electrons. The fraction of sp³-hybridized carbons (Fsp3) is 0.581. The highest BCUT2D eigenvalue weighted by molar-refractivity contribution is 7.10. The van der Waals surface area contributed by atoms with Gasteiger partial charge >= 0.3 is 18.3 Å². The van der Waals surface area contributed by atoms with Crippen molar-refractivity contribution in [3.8, 4) is 0 Å². The summed E-state index contributed by atoms with van der Waals surface area (Å²) in [5.41, 5.74) is 4.84. The number of carbonyl (C=O) groups excluding carboxylic acids is 3. The highest BCUT2D eigenvalue weighted by Gasteiger charge is 2.38. The first-order chi connectivity index (χ1) is 22.5. The van der Waals surface area contributed by atoms with E-state index >= 15 is 0 Å². The molecule has 4 aliphatic rings. The minimum absolute atomic E-state index is 0.0822. The van der Waals surface area contributed by atoms with Crippen LogP contribution >= 0.6 is 22.9 Å². The number of hydrogen-bond donors (Lipinski definition) is 3. The molecule has 47 heavy (non-hydrogen) atoms. The van der Waals surface area contributed by atoms with Crippen molar-refractivity contribution in [1.29, 1.82) is 0 Å². The summed E-state index contributed by atoms with van der Waals surface area (Å²) in [4.78, 5) is 48.4. The molecule has 2 aromatic rings. The Kier molecular flexibility index (Phi) is 10.1. The first kappa shape index (κ1) is 33.6. The van der Waals surface area contributed by atoms with Crippen LogP contribution in [0.4, 0.5) is 34.1 Å². The van der Waals surface area contributed by atoms with Crippen LogP contribution in [-0.4, -0.2) is 108 Å². The Bertz CT molecular complexity index is 1470. The zero-order valence-electron chi connectivity index (χ0n) is 25.9. The first-order valence-electron chi connectivity index (χ1n) is 16.0. The Labute approximate surface area is 280 Å². The Hall–Kier alpha value is -3.27. The zero-order valence-corrected chi connectivity index (χ0v) is 27.4. The van der Waals surface area contributed by atoms with Crippen molar-refractivity contribution in [1.82, 2.24) is 24.9 Å². The van der Waals surface area contributed by atoms with E-state index in [0.29, 0.717) is 64.7 Å². The van der Waals surface area contributed by atoms with Gasteiger partial charge < -0.3 is 35.8 Å². The van der Waals surface area contributed by atoms with E-state index in [2.05, 4.69) is 15.5 Å². The number of likely N-dealkylation sites (tertiary alicyclic amines) is 1. The summed E-state index contributed by atoms with van der Waals surface area (Å²) in [5.74, 6) is -0.462. The Balaban J connectivity index is 1.13. The average molecular weight is 698 g/mol. The van der Waals surface area contributed by atoms with E-state index in [4.69, 9.17) is 22.1 Å². The third kappa shape index (κ3) is 7.58. The predicted molar refractivity (Wildman–Crippen MR) is 172 cm³/mol. The van der Waals surface area contributed by atoms with Crippen LogP contribution in [0.5, 0.6) is 0 Å². The van der Waals surface area contributed by atoms with E-state index in [9.17, 15) is 27.6 Å². The lowest BCUT2D eigenvalue weighted by Gasteiger charge is -2.42. The van der Waals surface area contributed by atoms with Gasteiger partial charge in [-0.05, 0) is 67.9 Å². The molecule has 5 heterocycles. The normalized spacial score (nSPS) is 20.9. The molecule has 11 nitrogen and oxygen atoms in total. The highest BCUT2D eigenvalue weighted by Crippen LogP contribution is 2.38. The number of nitrogens with two attached hydrogens (primary N) is 1. The molecule has 1 atom stereocenters. The molecule has 1 aromatic carbocycles. The van der Waals surface area contributed by atoms with Gasteiger partial charge in [0.05, 0.1) is 28.5 Å². The molecule has 4 aliphatic heterocycles. The fourth-order valence-corrected chi connectivity index (χ4v) is 8.01. The van der Waals surface area contributed by atoms with Gasteiger partial charge in [0, 0.05) is 62.7 Å². The number of benzene rings is 1. The van der Waals surface area contributed by atoms with E-state index in [1.165, 1.54) is 11.0 Å². The average Bonchev–Trinajstić information content (AvgIpc) is 3.52. The van der Waals surface area contributed by atoms with Crippen LogP contribution in [0.15, 0.2) is 23.6 Å². The minimum atomic E-state index is -4.76. The number of nitrogens with one attached hydrogen (secondary N) is 2. The molecule has 4 N–H and O–H groups in total. The summed E-state index contributed by atoms with van der Waals surface area (Å²) in [5, 5.41) is 7.91. The van der Waals surface area contributed by atoms with E-state index in [1.807, 2.05) is 11.4 Å². The lowest BCUT2D eigenvalue weighted by molar-refractivity contribution is -0.143. The molecular formula is C31H39ClF3N7O4S. The predicted octanol–water partition coefficient (Wildman–Crippen LogP) is 4.46. The Morgan fingerprint density at radius 2 is 1.72 bits per heavy atom. The number of carbonyl (C=O) groups is 3. The van der Waals surface area contributed by atoms with Crippen LogP contribution in [-0.2, 0) is 28.7 Å². The number of hydrogen-bond acceptors (Lipinski definition) is 8. The van der Waals surface area contributed by atoms with Gasteiger partial charge in [0.15, 0.2) is 6.10 Å². The molecule has 0 spiro atoms. The number of piperazine rings is 1. The summed E-state index contributed by atoms with van der Waals surface area (Å²) in [7, 11) is 0. The van der Waals surface area contributed by atoms with Crippen LogP contribution in [0, 0.1) is 0 Å². The van der Waals surface area contributed by atoms with E-state index in [-0.39, 0.29) is 29.1 Å². The molecule has 0 saturated carbocycles. The highest BCUT2D eigenvalue weighted by atomic mass is 35.5. The van der Waals surface area contributed by atoms with Crippen molar-refractivity contribution < 1.29 is 32.3 Å². The molecule has 0 unspecified atom stereocenters. The molecule has 0 aliphatic carbocycles. The molecule has 0 radical (unpaired) electrons. The molecule has 3 fully saturated rings. The van der Waals surface area contributed by atoms with Crippen LogP contribution in [0.3, 0.4) is 0 Å². The molecule has 0 bridgehead atoms. The summed E-state index contributed by atoms with van der Waals surface area (Å²) in [6, 6.07) is 4.19. The molecule has 16 heteroatoms. The van der Waals surface area contributed by atoms with Gasteiger partial charge in [0.25, 0.3) is 5.91 Å². The quantitative estimate of drug-likeness (QED) is 0.381. The van der Waals surface area contributed by atoms with Gasteiger partial charge in [0.2, 0.25) is 0 Å². The molecular weight excluding hydrogens is 659 g/mol. The van der Waals surface area contributed by atoms with E-state index in [1.54, 1.807) is 21.1 Å². The number of amides is 4. The number of halogens is 4. The number of ether oxygens (including phenoxy) is 1. The maximum absolute atomic E-state index is 13.9. The largest absolute Gasteiger partial charge is 0.436 e. The fourth-order valence-electron chi connectivity index (χ4n) is 6.94. The van der Waals surface area contributed by atoms with Gasteiger partial charge in [0.1, 0.15) is 0 Å². The van der Waals surface area contributed by atoms with Crippen molar-refractivity contribution in [3.63, 3.8) is 0 Å². The summed E-state index contributed by atoms with van der Waals surface area (Å²) in [6.45, 7) is 5.15. The lowest BCUT2D eigenvalue weighted by Crippen LogP contribution is -2.56. The van der Waals surface area contributed by atoms with Crippen molar-refractivity contribution in [2.75, 3.05) is 63.4 Å². The van der Waals surface area contributed by atoms with Gasteiger partial charge in [-0.15, -0.1) is 11.3 Å². The van der Waals surface area contributed by atoms with Gasteiger partial charge in [-0.3, -0.25) is 9.69 Å². The number of thiophene rings is 1. The lowest BCUT2D eigenvalue weighted by atomic mass is 10.0. The standard InChI is InChI=1S/C31H39ClF3N7O4S/c32-23-16-19(15-22(27(23)36)31(33,34)35)17-25(28(43)40-12-10-39(11-13-40)20-1-6-37-7-2-20)46-30(45)41-8-3-21(4-9-41)42-18-26-24(5-14-47-26)38-29(42)44/h5,14-16,20-21,25,37H,1-4,6-13,17-18,36H2,(H,38,44)/t25-/m1/s1. The van der Waals surface area contributed by atoms with Crippen LogP contribution < -0.4 is 16.4 Å². The first-order valence-corrected chi connectivity index (χ1v) is 17.2. The number of alkyl halides is 3. The Morgan fingerprint density at radius 1 is 1.02 bits per heavy atom. The van der Waals surface area contributed by atoms with Crippen molar-refractivity contribution in [2.45, 2.75) is 63.0 Å². The van der Waals surface area contributed by atoms with E-state index in [0.717, 1.165) is 42.6 Å². The third-order valence-corrected chi connectivity index (χ3v) is 10.8. The number of anilines is 2. The second-order valence-corrected chi connectivity index (χ2v) is 13.9. The second-order valence-electron chi connectivity index (χ2n) is 12.5. The van der Waals surface area contributed by atoms with Gasteiger partial charge in [-0.2, -0.15) is 13.2 Å². The van der Waals surface area contributed by atoms with Crippen molar-refractivity contribution >= 4 is 52.3 Å². The number of nitrogens with zero attached hydrogens (tertiary/aromatic N) is 4. The maximum atomic E-state index is 13.9. The van der Waals surface area contributed by atoms with Crippen LogP contribution in [0.25, 0.3) is 0 Å². The molecule has 1 aromatic heterocycles. The molecule has 6 rings (SSSR count). The topological polar surface area (TPSA) is 123 Å². The van der Waals surface area contributed by atoms with Gasteiger partial charge in [-0.1, -0.05) is 11.6 Å². The maximum Gasteiger partial charge on any atom is 0.418 e. The number of nitrogen functional groups attached to an aromatic ring is 1. The Morgan fingerprint density at radius 3 is 2.40 bits per heavy atom. The smallest absolute Gasteiger partial charge is 0.418 e. The second kappa shape index (κ2) is 14.1. The number of fused-ring (bicyclic) bond motifs is 1. The number of rotatable bonds is 6. The molecule has 4 amide bonds. The molecule has 3 saturated heterocycles. The summed E-state index contributed by atoms with van der Waals surface area (Å²) in [6.07, 6.45) is -4.05. The van der Waals surface area contributed by atoms with Gasteiger partial charge in [-0.25, -0.2) is 9.59 Å².